The van der Waals surface area contributed by atoms with Crippen molar-refractivity contribution in [1.29, 1.82) is 0 Å². The summed E-state index contributed by atoms with van der Waals surface area (Å²) in [7, 11) is 13.3. The minimum absolute atomic E-state index is 1.30. The van der Waals surface area contributed by atoms with Crippen LogP contribution in [0.15, 0.2) is 0 Å². The molecule has 0 aliphatic rings. The summed E-state index contributed by atoms with van der Waals surface area (Å²) in [6, 6.07) is 0. The predicted octanol–water partition coefficient (Wildman–Crippen LogP) is 2.14. The van der Waals surface area contributed by atoms with Crippen molar-refractivity contribution in [3.63, 3.8) is 0 Å². The summed E-state index contributed by atoms with van der Waals surface area (Å²) in [6.45, 7) is 6.34. The van der Waals surface area contributed by atoms with Gasteiger partial charge in [0.2, 0.25) is 0 Å². The van der Waals surface area contributed by atoms with Gasteiger partial charge in [0.25, 0.3) is 0 Å². The molecule has 0 rings (SSSR count). The fraction of sp³-hybridized carbons (Fsp3) is 1.00. The summed E-state index contributed by atoms with van der Waals surface area (Å²) >= 11 is -1.90. The van der Waals surface area contributed by atoms with Crippen molar-refractivity contribution in [1.82, 2.24) is 14.7 Å². The van der Waals surface area contributed by atoms with E-state index >= 15 is 0 Å². The molecule has 0 bridgehead atoms. The van der Waals surface area contributed by atoms with Gasteiger partial charge in [0.05, 0.1) is 0 Å². The number of nitrogens with zero attached hydrogens (tertiary/aromatic N) is 3. The van der Waals surface area contributed by atoms with Gasteiger partial charge in [-0.05, 0) is 0 Å². The first-order valence-corrected chi connectivity index (χ1v) is 15.3. The van der Waals surface area contributed by atoms with Crippen LogP contribution in [0.5, 0.6) is 0 Å². The van der Waals surface area contributed by atoms with E-state index in [4.69, 9.17) is 0 Å². The Morgan fingerprint density at radius 3 is 1.06 bits per heavy atom. The van der Waals surface area contributed by atoms with E-state index in [1.54, 1.807) is 0 Å². The van der Waals surface area contributed by atoms with Crippen molar-refractivity contribution in [2.24, 2.45) is 0 Å². The molecule has 0 radical (unpaired) electrons. The molecule has 0 unspecified atom stereocenters. The number of hydrogen-bond donors (Lipinski definition) is 0. The molecule has 0 spiro atoms. The molecule has 0 atom stereocenters. The van der Waals surface area contributed by atoms with E-state index < -0.39 is 18.4 Å². The Morgan fingerprint density at radius 2 is 0.889 bits per heavy atom. The molecule has 0 N–H and O–H groups in total. The summed E-state index contributed by atoms with van der Waals surface area (Å²) in [6.07, 6.45) is 0. The van der Waals surface area contributed by atoms with E-state index in [2.05, 4.69) is 63.9 Å². The zero-order chi connectivity index (χ0) is 14.2. The van der Waals surface area contributed by atoms with E-state index in [9.17, 15) is 0 Å². The van der Waals surface area contributed by atoms with E-state index in [1.165, 1.54) is 37.4 Å². The van der Waals surface area contributed by atoms with Crippen molar-refractivity contribution in [3.8, 4) is 0 Å². The van der Waals surface area contributed by atoms with Crippen molar-refractivity contribution < 1.29 is 0 Å². The molecule has 0 aromatic heterocycles. The van der Waals surface area contributed by atoms with Crippen LogP contribution in [-0.4, -0.2) is 95.0 Å². The van der Waals surface area contributed by atoms with Gasteiger partial charge in [-0.15, -0.1) is 0 Å². The first-order valence-electron chi connectivity index (χ1n) is 7.25. The van der Waals surface area contributed by atoms with Gasteiger partial charge in [-0.3, -0.25) is 0 Å². The van der Waals surface area contributed by atoms with Crippen LogP contribution in [0.2, 0.25) is 17.7 Å². The zero-order valence-electron chi connectivity index (χ0n) is 13.8. The summed E-state index contributed by atoms with van der Waals surface area (Å²) in [5, 5.41) is 0. The molecule has 0 aliphatic carbocycles. The summed E-state index contributed by atoms with van der Waals surface area (Å²) < 4.78 is 6.09. The Bertz CT molecular complexity index is 174. The first kappa shape index (κ1) is 18.7. The molecule has 0 aromatic carbocycles. The van der Waals surface area contributed by atoms with E-state index in [0.29, 0.717) is 0 Å². The maximum absolute atomic E-state index is 2.46. The first-order chi connectivity index (χ1) is 8.31. The van der Waals surface area contributed by atoms with Crippen LogP contribution >= 0.6 is 0 Å². The average Bonchev–Trinajstić information content (AvgIpc) is 2.28. The molecule has 0 saturated heterocycles. The second-order valence-electron chi connectivity index (χ2n) is 6.51. The monoisotopic (exact) mass is 365 g/mol. The molecule has 0 aromatic rings. The van der Waals surface area contributed by atoms with Gasteiger partial charge in [0.1, 0.15) is 0 Å². The van der Waals surface area contributed by atoms with E-state index in [-0.39, 0.29) is 0 Å². The van der Waals surface area contributed by atoms with Gasteiger partial charge in [0, 0.05) is 0 Å². The Hall–Kier alpha value is 0.679. The van der Waals surface area contributed by atoms with Gasteiger partial charge in [-0.1, -0.05) is 0 Å². The normalized spacial score (nSPS) is 13.0. The Balaban J connectivity index is 4.49. The van der Waals surface area contributed by atoms with Gasteiger partial charge >= 0.3 is 120 Å². The molecule has 0 saturated carbocycles. The number of hydrogen-bond acceptors (Lipinski definition) is 3. The third-order valence-electron chi connectivity index (χ3n) is 4.02. The second kappa shape index (κ2) is 9.56. The predicted molar refractivity (Wildman–Crippen MR) is 86.3 cm³/mol. The summed E-state index contributed by atoms with van der Waals surface area (Å²) in [5.41, 5.74) is 0. The molecule has 0 heterocycles. The molecule has 0 fully saturated rings. The van der Waals surface area contributed by atoms with Crippen LogP contribution in [0.25, 0.3) is 0 Å². The minimum atomic E-state index is -1.90. The van der Waals surface area contributed by atoms with Crippen molar-refractivity contribution in [2.45, 2.75) is 24.7 Å². The fourth-order valence-corrected chi connectivity index (χ4v) is 15.3. The molecule has 0 amide bonds. The quantitative estimate of drug-likeness (QED) is 0.550. The van der Waals surface area contributed by atoms with Gasteiger partial charge in [-0.25, -0.2) is 0 Å². The summed E-state index contributed by atoms with van der Waals surface area (Å²) in [4.78, 5) is 7.10. The Morgan fingerprint density at radius 1 is 0.611 bits per heavy atom. The fourth-order valence-electron chi connectivity index (χ4n) is 2.29. The molecule has 3 nitrogen and oxygen atoms in total. The Kier molecular flexibility index (Phi) is 9.92. The van der Waals surface area contributed by atoms with Crippen molar-refractivity contribution in [3.05, 3.63) is 0 Å². The third kappa shape index (κ3) is 8.72. The number of rotatable bonds is 10. The van der Waals surface area contributed by atoms with Crippen LogP contribution < -0.4 is 0 Å². The van der Waals surface area contributed by atoms with Gasteiger partial charge < -0.3 is 0 Å². The van der Waals surface area contributed by atoms with Crippen LogP contribution in [0, 0.1) is 0 Å². The van der Waals surface area contributed by atoms with Gasteiger partial charge in [-0.2, -0.15) is 0 Å². The average molecular weight is 364 g/mol. The SMILES string of the molecule is C[CH2][Sn]([CH2]CN(C)C)([CH2]CN(C)C)[CH2]CN(C)C. The van der Waals surface area contributed by atoms with Gasteiger partial charge in [0.15, 0.2) is 0 Å². The Labute approximate surface area is 119 Å². The molecule has 4 heteroatoms. The van der Waals surface area contributed by atoms with Crippen LogP contribution in [0.1, 0.15) is 6.92 Å². The molecule has 110 valence electrons. The second-order valence-corrected chi connectivity index (χ2v) is 21.4. The maximum atomic E-state index is 2.46. The van der Waals surface area contributed by atoms with E-state index in [0.717, 1.165) is 0 Å². The molecular formula is C14H35N3Sn. The summed E-state index contributed by atoms with van der Waals surface area (Å²) in [5.74, 6) is 0. The van der Waals surface area contributed by atoms with Crippen LogP contribution in [0.4, 0.5) is 0 Å². The molecular weight excluding hydrogens is 329 g/mol. The van der Waals surface area contributed by atoms with Crippen LogP contribution in [0.3, 0.4) is 0 Å². The van der Waals surface area contributed by atoms with E-state index in [1.807, 2.05) is 0 Å². The van der Waals surface area contributed by atoms with Crippen molar-refractivity contribution >= 4 is 18.4 Å². The zero-order valence-corrected chi connectivity index (χ0v) is 16.6. The van der Waals surface area contributed by atoms with Crippen molar-refractivity contribution in [2.75, 3.05) is 61.9 Å². The molecule has 0 aliphatic heterocycles. The third-order valence-corrected chi connectivity index (χ3v) is 19.3. The van der Waals surface area contributed by atoms with Crippen LogP contribution in [-0.2, 0) is 0 Å². The molecule has 18 heavy (non-hydrogen) atoms. The standard InChI is InChI=1S/3C4H10N.C2H5.Sn/c3*1-4-5(2)3;1-2;/h3*1,4H2,2-3H3;1H2,2H3;. The topological polar surface area (TPSA) is 9.72 Å².